The van der Waals surface area contributed by atoms with E-state index in [1.165, 1.54) is 0 Å². The van der Waals surface area contributed by atoms with Crippen molar-refractivity contribution in [2.24, 2.45) is 0 Å². The molecule has 0 spiro atoms. The molecule has 0 aliphatic carbocycles. The van der Waals surface area contributed by atoms with Crippen LogP contribution in [0.15, 0.2) is 48.6 Å². The Morgan fingerprint density at radius 1 is 0.586 bits per heavy atom. The Morgan fingerprint density at radius 2 is 0.862 bits per heavy atom. The molecule has 0 radical (unpaired) electrons. The zero-order chi connectivity index (χ0) is 22.9. The van der Waals surface area contributed by atoms with Gasteiger partial charge in [0.25, 0.3) is 0 Å². The van der Waals surface area contributed by atoms with Crippen LogP contribution in [0.1, 0.15) is 69.2 Å². The van der Waals surface area contributed by atoms with E-state index in [4.69, 9.17) is 19.1 Å². The van der Waals surface area contributed by atoms with Gasteiger partial charge in [0.1, 0.15) is 0 Å². The van der Waals surface area contributed by atoms with Crippen LogP contribution < -0.4 is 0 Å². The summed E-state index contributed by atoms with van der Waals surface area (Å²) in [5.74, 6) is 0. The summed E-state index contributed by atoms with van der Waals surface area (Å²) < 4.78 is 0. The van der Waals surface area contributed by atoms with Gasteiger partial charge in [-0.15, -0.1) is 0 Å². The van der Waals surface area contributed by atoms with Gasteiger partial charge in [0, 0.05) is 0 Å². The van der Waals surface area contributed by atoms with E-state index in [-0.39, 0.29) is 0 Å². The van der Waals surface area contributed by atoms with Crippen LogP contribution >= 0.6 is 30.0 Å². The molecule has 0 aromatic rings. The number of halogens is 2. The number of allylic oxidation sites excluding steroid dienone is 8. The van der Waals surface area contributed by atoms with Gasteiger partial charge in [-0.1, -0.05) is 0 Å². The van der Waals surface area contributed by atoms with E-state index in [0.29, 0.717) is 22.6 Å². The van der Waals surface area contributed by atoms with Gasteiger partial charge in [-0.3, -0.25) is 0 Å². The quantitative estimate of drug-likeness (QED) is 0.123. The van der Waals surface area contributed by atoms with E-state index in [1.54, 1.807) is 0 Å². The minimum atomic E-state index is -2.72. The monoisotopic (exact) mass is 574 g/mol. The minimum absolute atomic E-state index is 0.577. The van der Waals surface area contributed by atoms with E-state index in [9.17, 15) is 0 Å². The van der Waals surface area contributed by atoms with Crippen LogP contribution in [0.3, 0.4) is 0 Å². The SMILES string of the molecule is CC=CC=CC[PH](C(C)C)(C(C)C)[Pd]([Cl])([Cl])[PH](CC=CC=CC)(C(C)C)C(C)C. The fourth-order valence-corrected chi connectivity index (χ4v) is 81.8. The molecular formula is C24H48Cl2P2Pd. The number of hydrogen-bond acceptors (Lipinski definition) is 0. The normalized spacial score (nSPS) is 16.8. The van der Waals surface area contributed by atoms with Gasteiger partial charge in [0.05, 0.1) is 0 Å². The van der Waals surface area contributed by atoms with Crippen LogP contribution in [0.25, 0.3) is 0 Å². The third-order valence-electron chi connectivity index (χ3n) is 6.15. The molecule has 0 fully saturated rings. The summed E-state index contributed by atoms with van der Waals surface area (Å²) in [7, 11) is 15.8. The zero-order valence-corrected chi connectivity index (χ0v) is 25.5. The second-order valence-electron chi connectivity index (χ2n) is 9.04. The summed E-state index contributed by atoms with van der Waals surface area (Å²) in [5.41, 5.74) is -1.66. The summed E-state index contributed by atoms with van der Waals surface area (Å²) in [6.07, 6.45) is 19.8. The van der Waals surface area contributed by atoms with Gasteiger partial charge < -0.3 is 0 Å². The van der Waals surface area contributed by atoms with Gasteiger partial charge in [-0.05, 0) is 0 Å². The maximum absolute atomic E-state index is 7.92. The zero-order valence-electron chi connectivity index (χ0n) is 20.4. The average Bonchev–Trinajstić information content (AvgIpc) is 2.60. The summed E-state index contributed by atoms with van der Waals surface area (Å²) in [4.78, 5) is 0. The van der Waals surface area contributed by atoms with E-state index in [1.807, 2.05) is 0 Å². The number of rotatable bonds is 12. The third-order valence-corrected chi connectivity index (χ3v) is 66.5. The van der Waals surface area contributed by atoms with Crippen LogP contribution in [-0.4, -0.2) is 35.0 Å². The maximum atomic E-state index is 7.92. The average molecular weight is 576 g/mol. The summed E-state index contributed by atoms with van der Waals surface area (Å²) in [5, 5.41) is 0. The van der Waals surface area contributed by atoms with E-state index < -0.39 is 23.4 Å². The van der Waals surface area contributed by atoms with Crippen molar-refractivity contribution in [3.63, 3.8) is 0 Å². The molecule has 0 unspecified atom stereocenters. The van der Waals surface area contributed by atoms with Crippen LogP contribution in [0.5, 0.6) is 0 Å². The molecule has 178 valence electrons. The fraction of sp³-hybridized carbons (Fsp3) is 0.667. The standard InChI is InChI=1S/2C12H23P.2ClH.Pd/c2*1-6-7-8-9-10-13(11(2)3)12(4)5;;;/h2*6-9,11-12H,10H2,1-5H3;2*1H;. The van der Waals surface area contributed by atoms with Crippen molar-refractivity contribution in [2.45, 2.75) is 91.9 Å². The molecule has 0 saturated carbocycles. The first-order valence-electron chi connectivity index (χ1n) is 11.0. The van der Waals surface area contributed by atoms with Crippen LogP contribution in [0, 0.1) is 0 Å². The fourth-order valence-electron chi connectivity index (χ4n) is 4.49. The molecule has 0 aromatic carbocycles. The van der Waals surface area contributed by atoms with Crippen molar-refractivity contribution < 1.29 is 12.5 Å². The molecule has 0 rings (SSSR count). The molecular weight excluding hydrogens is 528 g/mol. The van der Waals surface area contributed by atoms with Crippen molar-refractivity contribution in [1.29, 1.82) is 0 Å². The first-order valence-corrected chi connectivity index (χ1v) is 24.0. The van der Waals surface area contributed by atoms with Crippen molar-refractivity contribution in [2.75, 3.05) is 12.3 Å². The topological polar surface area (TPSA) is 0 Å². The van der Waals surface area contributed by atoms with Crippen molar-refractivity contribution in [3.05, 3.63) is 48.6 Å². The van der Waals surface area contributed by atoms with Gasteiger partial charge in [-0.2, -0.15) is 0 Å². The Hall–Kier alpha value is 1.06. The third kappa shape index (κ3) is 6.54. The Balaban J connectivity index is 6.76. The van der Waals surface area contributed by atoms with Crippen molar-refractivity contribution in [1.82, 2.24) is 0 Å². The first kappa shape index (κ1) is 30.1. The van der Waals surface area contributed by atoms with Gasteiger partial charge in [0.2, 0.25) is 0 Å². The Labute approximate surface area is 194 Å². The Bertz CT molecular complexity index is 522. The van der Waals surface area contributed by atoms with Crippen LogP contribution in [0.2, 0.25) is 0 Å². The van der Waals surface area contributed by atoms with Gasteiger partial charge in [-0.25, -0.2) is 0 Å². The molecule has 0 heterocycles. The second kappa shape index (κ2) is 13.6. The summed E-state index contributed by atoms with van der Waals surface area (Å²) >= 11 is -2.72. The van der Waals surface area contributed by atoms with E-state index in [2.05, 4.69) is 118 Å². The summed E-state index contributed by atoms with van der Waals surface area (Å²) in [6, 6.07) is 0. The Kier molecular flexibility index (Phi) is 14.1. The van der Waals surface area contributed by atoms with Gasteiger partial charge in [0.15, 0.2) is 0 Å². The summed E-state index contributed by atoms with van der Waals surface area (Å²) in [6.45, 7) is 23.4. The molecule has 0 aliphatic rings. The molecule has 0 amide bonds. The van der Waals surface area contributed by atoms with Gasteiger partial charge >= 0.3 is 195 Å². The molecule has 0 saturated heterocycles. The van der Waals surface area contributed by atoms with Crippen molar-refractivity contribution in [3.8, 4) is 0 Å². The molecule has 0 aromatic heterocycles. The van der Waals surface area contributed by atoms with E-state index in [0.717, 1.165) is 12.3 Å². The second-order valence-corrected chi connectivity index (χ2v) is 45.6. The van der Waals surface area contributed by atoms with Crippen LogP contribution in [-0.2, 0) is 12.5 Å². The molecule has 0 atom stereocenters. The van der Waals surface area contributed by atoms with E-state index >= 15 is 0 Å². The predicted molar refractivity (Wildman–Crippen MR) is 147 cm³/mol. The first-order chi connectivity index (χ1) is 13.4. The number of hydrogen-bond donors (Lipinski definition) is 0. The van der Waals surface area contributed by atoms with Crippen LogP contribution in [0.4, 0.5) is 0 Å². The molecule has 0 nitrogen and oxygen atoms in total. The molecule has 0 bridgehead atoms. The molecule has 0 aliphatic heterocycles. The molecule has 0 N–H and O–H groups in total. The molecule has 5 heteroatoms. The Morgan fingerprint density at radius 3 is 1.07 bits per heavy atom. The molecule has 29 heavy (non-hydrogen) atoms. The predicted octanol–water partition coefficient (Wildman–Crippen LogP) is 9.68. The van der Waals surface area contributed by atoms with Crippen molar-refractivity contribution >= 4 is 30.0 Å².